The lowest BCUT2D eigenvalue weighted by molar-refractivity contribution is -0.116. The molecule has 1 aliphatic heterocycles. The highest BCUT2D eigenvalue weighted by Crippen LogP contribution is 2.28. The average molecular weight is 316 g/mol. The number of rotatable bonds is 4. The van der Waals surface area contributed by atoms with Gasteiger partial charge in [-0.1, -0.05) is 6.07 Å². The molecule has 0 unspecified atom stereocenters. The second-order valence-corrected chi connectivity index (χ2v) is 5.98. The highest BCUT2D eigenvalue weighted by atomic mass is 32.1. The standard InChI is InChI=1S/C16H16N2O3S/c19-15-6-8-21-14-4-3-11(10-13(14)18-15)16(20)17-7-5-12-2-1-9-22-12/h1-4,9-10H,5-8H2,(H,17,20)(H,18,19). The van der Waals surface area contributed by atoms with Gasteiger partial charge >= 0.3 is 0 Å². The van der Waals surface area contributed by atoms with Crippen LogP contribution >= 0.6 is 11.3 Å². The third kappa shape index (κ3) is 3.46. The van der Waals surface area contributed by atoms with Gasteiger partial charge in [-0.15, -0.1) is 11.3 Å². The maximum Gasteiger partial charge on any atom is 0.251 e. The van der Waals surface area contributed by atoms with Crippen molar-refractivity contribution in [3.8, 4) is 5.75 Å². The normalized spacial score (nSPS) is 13.5. The number of carbonyl (C=O) groups is 2. The second kappa shape index (κ2) is 6.62. The summed E-state index contributed by atoms with van der Waals surface area (Å²) < 4.78 is 5.47. The van der Waals surface area contributed by atoms with Crippen molar-refractivity contribution in [3.63, 3.8) is 0 Å². The zero-order chi connectivity index (χ0) is 15.4. The Bertz CT molecular complexity index is 683. The van der Waals surface area contributed by atoms with E-state index in [0.29, 0.717) is 36.6 Å². The summed E-state index contributed by atoms with van der Waals surface area (Å²) in [4.78, 5) is 24.9. The predicted molar refractivity (Wildman–Crippen MR) is 85.5 cm³/mol. The van der Waals surface area contributed by atoms with E-state index in [0.717, 1.165) is 6.42 Å². The summed E-state index contributed by atoms with van der Waals surface area (Å²) in [6.07, 6.45) is 1.13. The van der Waals surface area contributed by atoms with Crippen molar-refractivity contribution in [1.82, 2.24) is 5.32 Å². The van der Waals surface area contributed by atoms with Crippen LogP contribution in [0, 0.1) is 0 Å². The Morgan fingerprint density at radius 1 is 1.36 bits per heavy atom. The third-order valence-corrected chi connectivity index (χ3v) is 4.28. The molecule has 0 saturated carbocycles. The van der Waals surface area contributed by atoms with E-state index < -0.39 is 0 Å². The van der Waals surface area contributed by atoms with Gasteiger partial charge in [0.05, 0.1) is 18.7 Å². The fraction of sp³-hybridized carbons (Fsp3) is 0.250. The number of thiophene rings is 1. The fourth-order valence-corrected chi connectivity index (χ4v) is 2.93. The summed E-state index contributed by atoms with van der Waals surface area (Å²) in [6.45, 7) is 0.935. The number of nitrogens with one attached hydrogen (secondary N) is 2. The molecule has 114 valence electrons. The van der Waals surface area contributed by atoms with Gasteiger partial charge in [0.15, 0.2) is 0 Å². The van der Waals surface area contributed by atoms with Crippen molar-refractivity contribution in [2.24, 2.45) is 0 Å². The minimum absolute atomic E-state index is 0.103. The minimum atomic E-state index is -0.155. The van der Waals surface area contributed by atoms with Crippen LogP contribution in [0.25, 0.3) is 0 Å². The minimum Gasteiger partial charge on any atom is -0.491 e. The molecule has 0 atom stereocenters. The van der Waals surface area contributed by atoms with Crippen LogP contribution < -0.4 is 15.4 Å². The smallest absolute Gasteiger partial charge is 0.251 e. The first-order valence-corrected chi connectivity index (χ1v) is 7.97. The number of hydrogen-bond acceptors (Lipinski definition) is 4. The van der Waals surface area contributed by atoms with E-state index in [1.165, 1.54) is 4.88 Å². The van der Waals surface area contributed by atoms with Gasteiger partial charge in [0.25, 0.3) is 5.91 Å². The van der Waals surface area contributed by atoms with Crippen LogP contribution in [0.15, 0.2) is 35.7 Å². The van der Waals surface area contributed by atoms with E-state index in [4.69, 9.17) is 4.74 Å². The number of ether oxygens (including phenoxy) is 1. The van der Waals surface area contributed by atoms with Crippen molar-refractivity contribution in [1.29, 1.82) is 0 Å². The summed E-state index contributed by atoms with van der Waals surface area (Å²) in [5.74, 6) is 0.341. The highest BCUT2D eigenvalue weighted by molar-refractivity contribution is 7.09. The van der Waals surface area contributed by atoms with Crippen LogP contribution in [0.3, 0.4) is 0 Å². The van der Waals surface area contributed by atoms with Crippen LogP contribution in [-0.4, -0.2) is 25.0 Å². The van der Waals surface area contributed by atoms with Gasteiger partial charge in [-0.25, -0.2) is 0 Å². The maximum atomic E-state index is 12.2. The first kappa shape index (κ1) is 14.6. The molecular formula is C16H16N2O3S. The van der Waals surface area contributed by atoms with Crippen LogP contribution in [0.2, 0.25) is 0 Å². The van der Waals surface area contributed by atoms with E-state index in [-0.39, 0.29) is 11.8 Å². The molecule has 0 bridgehead atoms. The number of benzene rings is 1. The third-order valence-electron chi connectivity index (χ3n) is 3.34. The van der Waals surface area contributed by atoms with E-state index in [1.807, 2.05) is 17.5 Å². The van der Waals surface area contributed by atoms with Crippen molar-refractivity contribution >= 4 is 28.8 Å². The van der Waals surface area contributed by atoms with Gasteiger partial charge in [-0.3, -0.25) is 9.59 Å². The zero-order valence-electron chi connectivity index (χ0n) is 11.9. The van der Waals surface area contributed by atoms with E-state index in [9.17, 15) is 9.59 Å². The largest absolute Gasteiger partial charge is 0.491 e. The molecule has 5 nitrogen and oxygen atoms in total. The number of carbonyl (C=O) groups excluding carboxylic acids is 2. The van der Waals surface area contributed by atoms with Crippen LogP contribution in [0.5, 0.6) is 5.75 Å². The molecule has 2 heterocycles. The monoisotopic (exact) mass is 316 g/mol. The van der Waals surface area contributed by atoms with Gasteiger partial charge in [0.1, 0.15) is 5.75 Å². The van der Waals surface area contributed by atoms with Crippen LogP contribution in [0.1, 0.15) is 21.7 Å². The first-order chi connectivity index (χ1) is 10.7. The fourth-order valence-electron chi connectivity index (χ4n) is 2.22. The van der Waals surface area contributed by atoms with Gasteiger partial charge < -0.3 is 15.4 Å². The average Bonchev–Trinajstić information content (AvgIpc) is 2.94. The predicted octanol–water partition coefficient (Wildman–Crippen LogP) is 2.44. The molecule has 1 aliphatic rings. The van der Waals surface area contributed by atoms with Gasteiger partial charge in [-0.2, -0.15) is 0 Å². The molecule has 0 spiro atoms. The lowest BCUT2D eigenvalue weighted by Crippen LogP contribution is -2.25. The number of hydrogen-bond donors (Lipinski definition) is 2. The Balaban J connectivity index is 1.64. The highest BCUT2D eigenvalue weighted by Gasteiger charge is 2.16. The van der Waals surface area contributed by atoms with E-state index in [2.05, 4.69) is 10.6 Å². The SMILES string of the molecule is O=C1CCOc2ccc(C(=O)NCCc3cccs3)cc2N1. The van der Waals surface area contributed by atoms with Gasteiger partial charge in [0, 0.05) is 17.0 Å². The Morgan fingerprint density at radius 2 is 2.27 bits per heavy atom. The molecule has 3 rings (SSSR count). The number of fused-ring (bicyclic) bond motifs is 1. The summed E-state index contributed by atoms with van der Waals surface area (Å²) in [6, 6.07) is 9.12. The van der Waals surface area contributed by atoms with Gasteiger partial charge in [0.2, 0.25) is 5.91 Å². The zero-order valence-corrected chi connectivity index (χ0v) is 12.7. The Morgan fingerprint density at radius 3 is 3.09 bits per heavy atom. The summed E-state index contributed by atoms with van der Waals surface area (Å²) in [7, 11) is 0. The van der Waals surface area contributed by atoms with E-state index in [1.54, 1.807) is 29.5 Å². The van der Waals surface area contributed by atoms with Gasteiger partial charge in [-0.05, 0) is 36.1 Å². The Labute approximate surface area is 132 Å². The summed E-state index contributed by atoms with van der Waals surface area (Å²) in [5.41, 5.74) is 1.06. The lowest BCUT2D eigenvalue weighted by atomic mass is 10.1. The molecule has 2 aromatic rings. The Kier molecular flexibility index (Phi) is 4.39. The molecule has 1 aromatic heterocycles. The Hall–Kier alpha value is -2.34. The second-order valence-electron chi connectivity index (χ2n) is 4.94. The molecule has 2 N–H and O–H groups in total. The first-order valence-electron chi connectivity index (χ1n) is 7.09. The summed E-state index contributed by atoms with van der Waals surface area (Å²) in [5, 5.41) is 7.66. The quantitative estimate of drug-likeness (QED) is 0.910. The molecule has 0 radical (unpaired) electrons. The topological polar surface area (TPSA) is 67.4 Å². The van der Waals surface area contributed by atoms with Crippen molar-refractivity contribution in [2.45, 2.75) is 12.8 Å². The molecule has 0 fully saturated rings. The molecule has 1 aromatic carbocycles. The molecule has 0 aliphatic carbocycles. The molecule has 0 saturated heterocycles. The van der Waals surface area contributed by atoms with Crippen LogP contribution in [-0.2, 0) is 11.2 Å². The molecular weight excluding hydrogens is 300 g/mol. The number of amides is 2. The van der Waals surface area contributed by atoms with Crippen molar-refractivity contribution in [3.05, 3.63) is 46.2 Å². The van der Waals surface area contributed by atoms with Crippen LogP contribution in [0.4, 0.5) is 5.69 Å². The number of anilines is 1. The molecule has 22 heavy (non-hydrogen) atoms. The lowest BCUT2D eigenvalue weighted by Gasteiger charge is -2.09. The maximum absolute atomic E-state index is 12.2. The molecule has 6 heteroatoms. The summed E-state index contributed by atoms with van der Waals surface area (Å²) >= 11 is 1.68. The van der Waals surface area contributed by atoms with E-state index >= 15 is 0 Å². The van der Waals surface area contributed by atoms with Crippen molar-refractivity contribution in [2.75, 3.05) is 18.5 Å². The molecule has 2 amide bonds. The van der Waals surface area contributed by atoms with Crippen molar-refractivity contribution < 1.29 is 14.3 Å².